The van der Waals surface area contributed by atoms with Gasteiger partial charge in [-0.1, -0.05) is 32.0 Å². The second-order valence-corrected chi connectivity index (χ2v) is 7.45. The molecule has 0 bridgehead atoms. The minimum atomic E-state index is -3.67. The molecule has 0 radical (unpaired) electrons. The first-order valence-corrected chi connectivity index (χ1v) is 8.77. The van der Waals surface area contributed by atoms with Crippen molar-refractivity contribution in [3.63, 3.8) is 0 Å². The van der Waals surface area contributed by atoms with Crippen LogP contribution in [0, 0.1) is 5.92 Å². The number of carbonyl (C=O) groups excluding carboxylic acids is 1. The summed E-state index contributed by atoms with van der Waals surface area (Å²) in [5.74, 6) is 0.0581. The summed E-state index contributed by atoms with van der Waals surface area (Å²) in [5, 5.41) is 2.55. The third-order valence-corrected chi connectivity index (χ3v) is 4.03. The first-order chi connectivity index (χ1) is 9.34. The second-order valence-electron chi connectivity index (χ2n) is 4.72. The van der Waals surface area contributed by atoms with Crippen molar-refractivity contribution < 1.29 is 18.6 Å². The van der Waals surface area contributed by atoms with Crippen LogP contribution in [0.1, 0.15) is 20.3 Å². The first kappa shape index (κ1) is 17.0. The Hall–Kier alpha value is -1.03. The molecule has 0 saturated heterocycles. The smallest absolute Gasteiger partial charge is 0.409 e. The molecule has 0 aliphatic carbocycles. The first-order valence-electron chi connectivity index (χ1n) is 6.24. The quantitative estimate of drug-likeness (QED) is 0.614. The average Bonchev–Trinajstić information content (AvgIpc) is 2.36. The van der Waals surface area contributed by atoms with Gasteiger partial charge in [-0.25, -0.2) is 9.65 Å². The SMILES string of the molecule is COC(=O)C(CC(C)C)NP(=O)(Cl)Oc1ccccc1. The molecule has 20 heavy (non-hydrogen) atoms. The van der Waals surface area contributed by atoms with E-state index >= 15 is 0 Å². The summed E-state index contributed by atoms with van der Waals surface area (Å²) in [5.41, 5.74) is 0. The Morgan fingerprint density at radius 3 is 2.45 bits per heavy atom. The van der Waals surface area contributed by atoms with Gasteiger partial charge in [0.2, 0.25) is 0 Å². The van der Waals surface area contributed by atoms with E-state index in [4.69, 9.17) is 15.8 Å². The highest BCUT2D eigenvalue weighted by Gasteiger charge is 2.31. The molecule has 0 spiro atoms. The predicted octanol–water partition coefficient (Wildman–Crippen LogP) is 3.59. The van der Waals surface area contributed by atoms with E-state index in [1.165, 1.54) is 7.11 Å². The molecule has 2 atom stereocenters. The number of benzene rings is 1. The Balaban J connectivity index is 2.75. The molecule has 1 N–H and O–H groups in total. The van der Waals surface area contributed by atoms with Crippen LogP contribution in [0.25, 0.3) is 0 Å². The molecule has 5 nitrogen and oxygen atoms in total. The fourth-order valence-corrected chi connectivity index (χ4v) is 3.27. The highest BCUT2D eigenvalue weighted by atomic mass is 35.7. The molecule has 0 aliphatic heterocycles. The van der Waals surface area contributed by atoms with Crippen molar-refractivity contribution in [2.45, 2.75) is 26.3 Å². The van der Waals surface area contributed by atoms with Gasteiger partial charge in [-0.3, -0.25) is 4.79 Å². The number of ether oxygens (including phenoxy) is 1. The average molecular weight is 320 g/mol. The van der Waals surface area contributed by atoms with Crippen LogP contribution in [0.5, 0.6) is 5.75 Å². The maximum Gasteiger partial charge on any atom is 0.409 e. The van der Waals surface area contributed by atoms with E-state index in [1.54, 1.807) is 30.3 Å². The van der Waals surface area contributed by atoms with Gasteiger partial charge in [-0.05, 0) is 24.5 Å². The number of hydrogen-bond donors (Lipinski definition) is 1. The van der Waals surface area contributed by atoms with Crippen LogP contribution in [-0.4, -0.2) is 19.1 Å². The van der Waals surface area contributed by atoms with Gasteiger partial charge < -0.3 is 9.26 Å². The van der Waals surface area contributed by atoms with E-state index in [-0.39, 0.29) is 5.92 Å². The lowest BCUT2D eigenvalue weighted by molar-refractivity contribution is -0.143. The Morgan fingerprint density at radius 1 is 1.35 bits per heavy atom. The molecule has 112 valence electrons. The van der Waals surface area contributed by atoms with Crippen molar-refractivity contribution >= 4 is 24.1 Å². The van der Waals surface area contributed by atoms with Gasteiger partial charge in [0.1, 0.15) is 11.8 Å². The lowest BCUT2D eigenvalue weighted by Crippen LogP contribution is -2.36. The van der Waals surface area contributed by atoms with Crippen LogP contribution >= 0.6 is 18.1 Å². The summed E-state index contributed by atoms with van der Waals surface area (Å²) in [6.07, 6.45) is 0.446. The molecule has 0 aromatic heterocycles. The number of para-hydroxylation sites is 1. The van der Waals surface area contributed by atoms with E-state index in [0.717, 1.165) is 0 Å². The lowest BCUT2D eigenvalue weighted by atomic mass is 10.1. The minimum Gasteiger partial charge on any atom is -0.468 e. The standard InChI is InChI=1S/C13H19ClNO4P/c1-10(2)9-12(13(16)18-3)15-20(14,17)19-11-7-5-4-6-8-11/h4-8,10,12H,9H2,1-3H3,(H,15,17). The van der Waals surface area contributed by atoms with Crippen molar-refractivity contribution in [3.8, 4) is 5.75 Å². The summed E-state index contributed by atoms with van der Waals surface area (Å²) in [7, 11) is 1.27. The molecular formula is C13H19ClNO4P. The van der Waals surface area contributed by atoms with Crippen LogP contribution in [0.4, 0.5) is 0 Å². The monoisotopic (exact) mass is 319 g/mol. The molecule has 0 heterocycles. The predicted molar refractivity (Wildman–Crippen MR) is 78.9 cm³/mol. The highest BCUT2D eigenvalue weighted by molar-refractivity contribution is 7.84. The summed E-state index contributed by atoms with van der Waals surface area (Å²) < 4.78 is 22.1. The number of rotatable bonds is 7. The van der Waals surface area contributed by atoms with Crippen molar-refractivity contribution in [3.05, 3.63) is 30.3 Å². The number of nitrogens with one attached hydrogen (secondary N) is 1. The summed E-state index contributed by atoms with van der Waals surface area (Å²) >= 11 is 5.86. The number of esters is 1. The topological polar surface area (TPSA) is 64.6 Å². The summed E-state index contributed by atoms with van der Waals surface area (Å²) in [6.45, 7) is 0.206. The van der Waals surface area contributed by atoms with Crippen molar-refractivity contribution in [1.29, 1.82) is 0 Å². The van der Waals surface area contributed by atoms with E-state index in [9.17, 15) is 9.36 Å². The maximum absolute atomic E-state index is 12.2. The van der Waals surface area contributed by atoms with E-state index in [1.807, 2.05) is 13.8 Å². The van der Waals surface area contributed by atoms with Gasteiger partial charge in [0.15, 0.2) is 0 Å². The van der Waals surface area contributed by atoms with Crippen LogP contribution in [0.15, 0.2) is 30.3 Å². The molecule has 1 rings (SSSR count). The third-order valence-electron chi connectivity index (χ3n) is 2.47. The van der Waals surface area contributed by atoms with Crippen LogP contribution < -0.4 is 9.61 Å². The third kappa shape index (κ3) is 5.95. The number of halogens is 1. The van der Waals surface area contributed by atoms with Crippen molar-refractivity contribution in [2.75, 3.05) is 7.11 Å². The summed E-state index contributed by atoms with van der Waals surface area (Å²) in [6, 6.07) is 7.76. The Kier molecular flexibility index (Phi) is 6.53. The molecule has 1 aromatic carbocycles. The van der Waals surface area contributed by atoms with Gasteiger partial charge in [0.25, 0.3) is 0 Å². The molecule has 0 fully saturated rings. The normalized spacial score (nSPS) is 15.4. The lowest BCUT2D eigenvalue weighted by Gasteiger charge is -2.21. The second kappa shape index (κ2) is 7.67. The Labute approximate surface area is 123 Å². The van der Waals surface area contributed by atoms with Crippen LogP contribution in [-0.2, 0) is 14.1 Å². The Bertz CT molecular complexity index is 481. The zero-order valence-corrected chi connectivity index (χ0v) is 13.4. The largest absolute Gasteiger partial charge is 0.468 e. The van der Waals surface area contributed by atoms with Gasteiger partial charge in [-0.2, -0.15) is 0 Å². The number of hydrogen-bond acceptors (Lipinski definition) is 4. The van der Waals surface area contributed by atoms with Gasteiger partial charge in [0, 0.05) is 11.2 Å². The molecular weight excluding hydrogens is 301 g/mol. The van der Waals surface area contributed by atoms with Crippen LogP contribution in [0.2, 0.25) is 0 Å². The molecule has 1 aromatic rings. The zero-order chi connectivity index (χ0) is 15.2. The fourth-order valence-electron chi connectivity index (χ4n) is 1.64. The van der Waals surface area contributed by atoms with Gasteiger partial charge in [-0.15, -0.1) is 0 Å². The highest BCUT2D eigenvalue weighted by Crippen LogP contribution is 2.48. The van der Waals surface area contributed by atoms with Crippen molar-refractivity contribution in [2.24, 2.45) is 5.92 Å². The summed E-state index contributed by atoms with van der Waals surface area (Å²) in [4.78, 5) is 11.7. The van der Waals surface area contributed by atoms with E-state index < -0.39 is 18.9 Å². The fraction of sp³-hybridized carbons (Fsp3) is 0.462. The molecule has 7 heteroatoms. The van der Waals surface area contributed by atoms with E-state index in [0.29, 0.717) is 12.2 Å². The number of carbonyl (C=O) groups is 1. The molecule has 0 amide bonds. The van der Waals surface area contributed by atoms with E-state index in [2.05, 4.69) is 9.82 Å². The Morgan fingerprint density at radius 2 is 1.95 bits per heavy atom. The van der Waals surface area contributed by atoms with Crippen molar-refractivity contribution in [1.82, 2.24) is 5.09 Å². The van der Waals surface area contributed by atoms with Gasteiger partial charge >= 0.3 is 12.8 Å². The minimum absolute atomic E-state index is 0.208. The van der Waals surface area contributed by atoms with Crippen LogP contribution in [0.3, 0.4) is 0 Å². The maximum atomic E-state index is 12.2. The molecule has 0 aliphatic rings. The number of methoxy groups -OCH3 is 1. The van der Waals surface area contributed by atoms with Gasteiger partial charge in [0.05, 0.1) is 7.11 Å². The molecule has 0 saturated carbocycles. The molecule has 2 unspecified atom stereocenters. The zero-order valence-electron chi connectivity index (χ0n) is 11.7.